The molecule has 31 heavy (non-hydrogen) atoms. The number of rotatable bonds is 7. The van der Waals surface area contributed by atoms with Crippen LogP contribution in [0.15, 0.2) is 115 Å². The maximum Gasteiger partial charge on any atom is 0.310 e. The minimum atomic E-state index is -1.95. The molecule has 4 rings (SSSR count). The first kappa shape index (κ1) is 21.0. The van der Waals surface area contributed by atoms with E-state index in [4.69, 9.17) is 0 Å². The molecule has 0 fully saturated rings. The fraction of sp³-hybridized carbons (Fsp3) is 0.107. The van der Waals surface area contributed by atoms with E-state index in [2.05, 4.69) is 103 Å². The standard InChI is InChI=1S/C28H25O2P/c1-22(28(29)30)24-19-17-23(18-20-24)21-31(25-11-5-2-6-12-25,26-13-7-3-8-14-26)27-15-9-4-10-16-27/h2-20,22H,21H2,1H3/p+1. The van der Waals surface area contributed by atoms with E-state index in [9.17, 15) is 9.90 Å². The molecule has 0 bridgehead atoms. The molecule has 2 nitrogen and oxygen atoms in total. The van der Waals surface area contributed by atoms with E-state index < -0.39 is 19.1 Å². The van der Waals surface area contributed by atoms with Crippen molar-refractivity contribution in [1.29, 1.82) is 0 Å². The quantitative estimate of drug-likeness (QED) is 0.404. The Hall–Kier alpha value is -3.22. The number of benzene rings is 4. The number of aliphatic carboxylic acids is 1. The molecule has 0 aliphatic heterocycles. The van der Waals surface area contributed by atoms with Gasteiger partial charge in [0.1, 0.15) is 23.2 Å². The van der Waals surface area contributed by atoms with Crippen molar-refractivity contribution in [3.05, 3.63) is 126 Å². The van der Waals surface area contributed by atoms with Crippen LogP contribution in [0, 0.1) is 0 Å². The highest BCUT2D eigenvalue weighted by atomic mass is 31.2. The van der Waals surface area contributed by atoms with Gasteiger partial charge >= 0.3 is 5.97 Å². The van der Waals surface area contributed by atoms with Gasteiger partial charge in [-0.15, -0.1) is 0 Å². The highest BCUT2D eigenvalue weighted by molar-refractivity contribution is 7.95. The van der Waals surface area contributed by atoms with Gasteiger partial charge in [-0.1, -0.05) is 78.9 Å². The summed E-state index contributed by atoms with van der Waals surface area (Å²) in [5.74, 6) is -1.31. The van der Waals surface area contributed by atoms with Crippen LogP contribution in [-0.4, -0.2) is 11.1 Å². The second-order valence-corrected chi connectivity index (χ2v) is 11.3. The predicted molar refractivity (Wildman–Crippen MR) is 131 cm³/mol. The summed E-state index contributed by atoms with van der Waals surface area (Å²) in [6, 6.07) is 40.5. The molecule has 0 radical (unpaired) electrons. The van der Waals surface area contributed by atoms with Crippen molar-refractivity contribution in [3.8, 4) is 0 Å². The molecule has 0 aromatic heterocycles. The zero-order chi connectivity index (χ0) is 21.7. The van der Waals surface area contributed by atoms with Gasteiger partial charge in [0.15, 0.2) is 0 Å². The molecule has 154 valence electrons. The summed E-state index contributed by atoms with van der Waals surface area (Å²) in [4.78, 5) is 11.4. The van der Waals surface area contributed by atoms with Crippen LogP contribution in [0.4, 0.5) is 0 Å². The van der Waals surface area contributed by atoms with E-state index in [1.807, 2.05) is 12.1 Å². The molecular weight excluding hydrogens is 399 g/mol. The van der Waals surface area contributed by atoms with Crippen LogP contribution in [-0.2, 0) is 11.0 Å². The van der Waals surface area contributed by atoms with Gasteiger partial charge in [0.25, 0.3) is 0 Å². The third-order valence-electron chi connectivity index (χ3n) is 5.86. The smallest absolute Gasteiger partial charge is 0.310 e. The monoisotopic (exact) mass is 425 g/mol. The molecule has 0 aliphatic rings. The summed E-state index contributed by atoms with van der Waals surface area (Å²) in [5, 5.41) is 13.4. The summed E-state index contributed by atoms with van der Waals surface area (Å²) in [5.41, 5.74) is 2.05. The van der Waals surface area contributed by atoms with E-state index in [0.29, 0.717) is 0 Å². The molecule has 0 amide bonds. The number of carboxylic acids is 1. The fourth-order valence-electron chi connectivity index (χ4n) is 4.10. The Bertz CT molecular complexity index is 1030. The molecule has 0 saturated heterocycles. The average molecular weight is 425 g/mol. The molecule has 1 N–H and O–H groups in total. The summed E-state index contributed by atoms with van der Waals surface area (Å²) < 4.78 is 0. The highest BCUT2D eigenvalue weighted by Crippen LogP contribution is 2.58. The van der Waals surface area contributed by atoms with E-state index in [0.717, 1.165) is 11.7 Å². The molecule has 0 saturated carbocycles. The van der Waals surface area contributed by atoms with Crippen LogP contribution in [0.5, 0.6) is 0 Å². The van der Waals surface area contributed by atoms with Gasteiger partial charge in [-0.25, -0.2) is 0 Å². The number of carbonyl (C=O) groups is 1. The maximum atomic E-state index is 11.4. The van der Waals surface area contributed by atoms with Crippen LogP contribution in [0.3, 0.4) is 0 Å². The van der Waals surface area contributed by atoms with Crippen molar-refractivity contribution in [1.82, 2.24) is 0 Å². The topological polar surface area (TPSA) is 37.3 Å². The zero-order valence-corrected chi connectivity index (χ0v) is 18.5. The molecule has 1 atom stereocenters. The minimum Gasteiger partial charge on any atom is -0.481 e. The van der Waals surface area contributed by atoms with E-state index >= 15 is 0 Å². The van der Waals surface area contributed by atoms with E-state index in [-0.39, 0.29) is 0 Å². The van der Waals surface area contributed by atoms with Crippen LogP contribution >= 0.6 is 7.26 Å². The zero-order valence-electron chi connectivity index (χ0n) is 17.6. The SMILES string of the molecule is CC(C(=O)O)c1ccc(C[P+](c2ccccc2)(c2ccccc2)c2ccccc2)cc1. The molecule has 0 spiro atoms. The van der Waals surface area contributed by atoms with Gasteiger partial charge in [0.2, 0.25) is 0 Å². The molecule has 0 aliphatic carbocycles. The van der Waals surface area contributed by atoms with Crippen molar-refractivity contribution in [2.24, 2.45) is 0 Å². The summed E-state index contributed by atoms with van der Waals surface area (Å²) in [7, 11) is -1.95. The van der Waals surface area contributed by atoms with Gasteiger partial charge in [-0.2, -0.15) is 0 Å². The maximum absolute atomic E-state index is 11.4. The van der Waals surface area contributed by atoms with Crippen LogP contribution in [0.25, 0.3) is 0 Å². The van der Waals surface area contributed by atoms with Gasteiger partial charge in [0.05, 0.1) is 12.1 Å². The summed E-state index contributed by atoms with van der Waals surface area (Å²) in [6.07, 6.45) is 0.882. The van der Waals surface area contributed by atoms with Crippen molar-refractivity contribution in [2.75, 3.05) is 0 Å². The van der Waals surface area contributed by atoms with E-state index in [1.165, 1.54) is 21.5 Å². The van der Waals surface area contributed by atoms with Crippen molar-refractivity contribution < 1.29 is 9.90 Å². The lowest BCUT2D eigenvalue weighted by atomic mass is 10.0. The Morgan fingerprint density at radius 2 is 1.06 bits per heavy atom. The Morgan fingerprint density at radius 1 is 0.677 bits per heavy atom. The van der Waals surface area contributed by atoms with Gasteiger partial charge in [-0.3, -0.25) is 4.79 Å². The second-order valence-electron chi connectivity index (χ2n) is 7.78. The summed E-state index contributed by atoms with van der Waals surface area (Å²) >= 11 is 0. The Kier molecular flexibility index (Phi) is 6.30. The highest BCUT2D eigenvalue weighted by Gasteiger charge is 2.45. The van der Waals surface area contributed by atoms with Crippen molar-refractivity contribution >= 4 is 29.1 Å². The van der Waals surface area contributed by atoms with Crippen LogP contribution in [0.2, 0.25) is 0 Å². The Balaban J connectivity index is 1.88. The minimum absolute atomic E-state index is 0.508. The molecule has 1 unspecified atom stereocenters. The largest absolute Gasteiger partial charge is 0.481 e. The van der Waals surface area contributed by atoms with Gasteiger partial charge in [-0.05, 0) is 54.4 Å². The molecular formula is C28H26O2P+. The lowest BCUT2D eigenvalue weighted by Crippen LogP contribution is -2.32. The molecule has 4 aromatic carbocycles. The average Bonchev–Trinajstić information content (AvgIpc) is 2.84. The third kappa shape index (κ3) is 4.31. The van der Waals surface area contributed by atoms with Gasteiger partial charge < -0.3 is 5.11 Å². The second kappa shape index (κ2) is 9.29. The Morgan fingerprint density at radius 3 is 1.42 bits per heavy atom. The molecule has 0 heterocycles. The first-order valence-electron chi connectivity index (χ1n) is 10.5. The van der Waals surface area contributed by atoms with Crippen LogP contribution in [0.1, 0.15) is 24.0 Å². The Labute approximate surface area is 184 Å². The first-order chi connectivity index (χ1) is 15.1. The lowest BCUT2D eigenvalue weighted by Gasteiger charge is -2.28. The van der Waals surface area contributed by atoms with Crippen molar-refractivity contribution in [2.45, 2.75) is 19.0 Å². The summed E-state index contributed by atoms with van der Waals surface area (Å²) in [6.45, 7) is 1.73. The predicted octanol–water partition coefficient (Wildman–Crippen LogP) is 5.37. The fourth-order valence-corrected chi connectivity index (χ4v) is 8.34. The molecule has 3 heteroatoms. The normalized spacial score (nSPS) is 12.3. The van der Waals surface area contributed by atoms with Crippen molar-refractivity contribution in [3.63, 3.8) is 0 Å². The third-order valence-corrected chi connectivity index (χ3v) is 10.2. The first-order valence-corrected chi connectivity index (χ1v) is 12.5. The molecule has 4 aromatic rings. The lowest BCUT2D eigenvalue weighted by molar-refractivity contribution is -0.138. The number of carboxylic acid groups (broad SMARTS) is 1. The number of hydrogen-bond donors (Lipinski definition) is 1. The van der Waals surface area contributed by atoms with E-state index in [1.54, 1.807) is 6.92 Å². The van der Waals surface area contributed by atoms with Gasteiger partial charge in [0, 0.05) is 0 Å². The number of hydrogen-bond acceptors (Lipinski definition) is 1. The van der Waals surface area contributed by atoms with Crippen LogP contribution < -0.4 is 15.9 Å².